The zero-order valence-corrected chi connectivity index (χ0v) is 10.4. The molecule has 1 unspecified atom stereocenters. The van der Waals surface area contributed by atoms with Crippen molar-refractivity contribution in [1.29, 1.82) is 0 Å². The highest BCUT2D eigenvalue weighted by Gasteiger charge is 2.07. The zero-order chi connectivity index (χ0) is 12.8. The summed E-state index contributed by atoms with van der Waals surface area (Å²) in [7, 11) is 0. The summed E-state index contributed by atoms with van der Waals surface area (Å²) >= 11 is 0. The second kappa shape index (κ2) is 6.20. The van der Waals surface area contributed by atoms with Gasteiger partial charge in [0.1, 0.15) is 5.82 Å². The highest BCUT2D eigenvalue weighted by atomic mass is 16.3. The second-order valence-corrected chi connectivity index (χ2v) is 4.31. The molecule has 1 aromatic heterocycles. The largest absolute Gasteiger partial charge is 0.392 e. The van der Waals surface area contributed by atoms with Crippen LogP contribution in [0.25, 0.3) is 0 Å². The van der Waals surface area contributed by atoms with E-state index in [9.17, 15) is 4.79 Å². The molecule has 0 fully saturated rings. The number of aliphatic hydroxyl groups excluding tert-OH is 1. The molecule has 0 spiro atoms. The number of nitrogens with one attached hydrogen (secondary N) is 2. The molecular formula is C12H19N3O2. The lowest BCUT2D eigenvalue weighted by atomic mass is 10.2. The number of pyridine rings is 1. The highest BCUT2D eigenvalue weighted by molar-refractivity contribution is 5.91. The third kappa shape index (κ3) is 4.82. The van der Waals surface area contributed by atoms with Crippen LogP contribution in [-0.2, 0) is 4.79 Å². The van der Waals surface area contributed by atoms with Gasteiger partial charge < -0.3 is 15.7 Å². The van der Waals surface area contributed by atoms with Crippen molar-refractivity contribution in [3.8, 4) is 0 Å². The first kappa shape index (κ1) is 13.4. The van der Waals surface area contributed by atoms with E-state index < -0.39 is 6.10 Å². The first-order chi connectivity index (χ1) is 7.99. The van der Waals surface area contributed by atoms with E-state index in [4.69, 9.17) is 5.11 Å². The lowest BCUT2D eigenvalue weighted by Crippen LogP contribution is -2.18. The fourth-order valence-corrected chi connectivity index (χ4v) is 1.11. The minimum Gasteiger partial charge on any atom is -0.392 e. The zero-order valence-electron chi connectivity index (χ0n) is 10.4. The van der Waals surface area contributed by atoms with Crippen molar-refractivity contribution in [3.05, 3.63) is 18.3 Å². The van der Waals surface area contributed by atoms with Crippen LogP contribution in [0.1, 0.15) is 20.8 Å². The molecule has 1 aromatic rings. The lowest BCUT2D eigenvalue weighted by Gasteiger charge is -2.09. The van der Waals surface area contributed by atoms with E-state index in [1.54, 1.807) is 25.3 Å². The summed E-state index contributed by atoms with van der Waals surface area (Å²) in [5.74, 6) is 0.591. The summed E-state index contributed by atoms with van der Waals surface area (Å²) in [5.41, 5.74) is 0.672. The molecule has 0 aliphatic rings. The molecule has 17 heavy (non-hydrogen) atoms. The van der Waals surface area contributed by atoms with Gasteiger partial charge in [-0.25, -0.2) is 4.98 Å². The van der Waals surface area contributed by atoms with Gasteiger partial charge in [-0.3, -0.25) is 4.79 Å². The molecule has 1 rings (SSSR count). The number of anilines is 2. The topological polar surface area (TPSA) is 74.2 Å². The summed E-state index contributed by atoms with van der Waals surface area (Å²) < 4.78 is 0. The quantitative estimate of drug-likeness (QED) is 0.725. The number of aromatic nitrogens is 1. The van der Waals surface area contributed by atoms with Crippen LogP contribution < -0.4 is 10.6 Å². The average molecular weight is 237 g/mol. The van der Waals surface area contributed by atoms with E-state index in [2.05, 4.69) is 15.6 Å². The highest BCUT2D eigenvalue weighted by Crippen LogP contribution is 2.10. The van der Waals surface area contributed by atoms with E-state index >= 15 is 0 Å². The van der Waals surface area contributed by atoms with Crippen molar-refractivity contribution in [3.63, 3.8) is 0 Å². The summed E-state index contributed by atoms with van der Waals surface area (Å²) in [6.07, 6.45) is 1.17. The molecule has 0 saturated carbocycles. The smallest absolute Gasteiger partial charge is 0.226 e. The Hall–Kier alpha value is -1.62. The molecule has 94 valence electrons. The maximum atomic E-state index is 11.4. The number of hydrogen-bond donors (Lipinski definition) is 3. The normalized spacial score (nSPS) is 12.3. The van der Waals surface area contributed by atoms with Crippen LogP contribution in [0.2, 0.25) is 0 Å². The molecule has 5 heteroatoms. The molecule has 0 bridgehead atoms. The van der Waals surface area contributed by atoms with Crippen molar-refractivity contribution in [2.45, 2.75) is 26.9 Å². The molecule has 3 N–H and O–H groups in total. The Labute approximate surface area is 101 Å². The van der Waals surface area contributed by atoms with Gasteiger partial charge in [-0.05, 0) is 19.1 Å². The van der Waals surface area contributed by atoms with Gasteiger partial charge in [0.2, 0.25) is 5.91 Å². The Bertz CT molecular complexity index is 361. The van der Waals surface area contributed by atoms with Gasteiger partial charge in [0.15, 0.2) is 0 Å². The predicted octanol–water partition coefficient (Wildman–Crippen LogP) is 1.47. The van der Waals surface area contributed by atoms with Crippen LogP contribution in [0.5, 0.6) is 0 Å². The number of aliphatic hydroxyl groups is 1. The minimum atomic E-state index is -0.419. The monoisotopic (exact) mass is 237 g/mol. The van der Waals surface area contributed by atoms with Gasteiger partial charge in [-0.15, -0.1) is 0 Å². The van der Waals surface area contributed by atoms with Crippen molar-refractivity contribution in [2.75, 3.05) is 17.2 Å². The summed E-state index contributed by atoms with van der Waals surface area (Å²) in [5, 5.41) is 14.8. The van der Waals surface area contributed by atoms with E-state index in [0.29, 0.717) is 18.1 Å². The molecule has 1 amide bonds. The van der Waals surface area contributed by atoms with Crippen LogP contribution >= 0.6 is 0 Å². The Morgan fingerprint density at radius 2 is 2.12 bits per heavy atom. The molecule has 0 radical (unpaired) electrons. The average Bonchev–Trinajstić information content (AvgIpc) is 2.28. The van der Waals surface area contributed by atoms with Gasteiger partial charge in [-0.1, -0.05) is 13.8 Å². The molecule has 1 heterocycles. The van der Waals surface area contributed by atoms with Crippen LogP contribution in [0.3, 0.4) is 0 Å². The van der Waals surface area contributed by atoms with Gasteiger partial charge in [0.25, 0.3) is 0 Å². The van der Waals surface area contributed by atoms with Crippen molar-refractivity contribution in [2.24, 2.45) is 5.92 Å². The maximum Gasteiger partial charge on any atom is 0.226 e. The molecule has 0 aliphatic heterocycles. The van der Waals surface area contributed by atoms with Gasteiger partial charge in [-0.2, -0.15) is 0 Å². The van der Waals surface area contributed by atoms with E-state index in [1.807, 2.05) is 13.8 Å². The molecule has 0 aromatic carbocycles. The molecule has 0 saturated heterocycles. The Balaban J connectivity index is 2.53. The molecule has 1 atom stereocenters. The fourth-order valence-electron chi connectivity index (χ4n) is 1.11. The van der Waals surface area contributed by atoms with Crippen LogP contribution in [0, 0.1) is 5.92 Å². The van der Waals surface area contributed by atoms with Crippen molar-refractivity contribution in [1.82, 2.24) is 4.98 Å². The predicted molar refractivity (Wildman–Crippen MR) is 67.9 cm³/mol. The first-order valence-corrected chi connectivity index (χ1v) is 5.68. The molecule has 0 aliphatic carbocycles. The number of nitrogens with zero attached hydrogens (tertiary/aromatic N) is 1. The van der Waals surface area contributed by atoms with E-state index in [-0.39, 0.29) is 11.8 Å². The Morgan fingerprint density at radius 1 is 1.41 bits per heavy atom. The third-order valence-electron chi connectivity index (χ3n) is 2.13. The number of hydrogen-bond acceptors (Lipinski definition) is 4. The van der Waals surface area contributed by atoms with Gasteiger partial charge >= 0.3 is 0 Å². The standard InChI is InChI=1S/C12H19N3O2/c1-8(2)12(17)15-10-4-5-11(14-7-10)13-6-9(3)16/h4-5,7-9,16H,6H2,1-3H3,(H,13,14)(H,15,17). The van der Waals surface area contributed by atoms with Crippen LogP contribution in [-0.4, -0.2) is 28.6 Å². The lowest BCUT2D eigenvalue weighted by molar-refractivity contribution is -0.118. The number of carbonyl (C=O) groups excluding carboxylic acids is 1. The van der Waals surface area contributed by atoms with E-state index in [1.165, 1.54) is 0 Å². The summed E-state index contributed by atoms with van der Waals surface area (Å²) in [6.45, 7) is 5.82. The third-order valence-corrected chi connectivity index (χ3v) is 2.13. The van der Waals surface area contributed by atoms with Gasteiger partial charge in [0.05, 0.1) is 18.0 Å². The number of rotatable bonds is 5. The molecule has 5 nitrogen and oxygen atoms in total. The van der Waals surface area contributed by atoms with Crippen molar-refractivity contribution >= 4 is 17.4 Å². The van der Waals surface area contributed by atoms with E-state index in [0.717, 1.165) is 0 Å². The summed E-state index contributed by atoms with van der Waals surface area (Å²) in [4.78, 5) is 15.6. The number of carbonyl (C=O) groups is 1. The number of amides is 1. The SMILES string of the molecule is CC(O)CNc1ccc(NC(=O)C(C)C)cn1. The second-order valence-electron chi connectivity index (χ2n) is 4.31. The van der Waals surface area contributed by atoms with Crippen molar-refractivity contribution < 1.29 is 9.90 Å². The first-order valence-electron chi connectivity index (χ1n) is 5.68. The van der Waals surface area contributed by atoms with Crippen LogP contribution in [0.4, 0.5) is 11.5 Å². The minimum absolute atomic E-state index is 0.0310. The maximum absolute atomic E-state index is 11.4. The Kier molecular flexibility index (Phi) is 4.90. The summed E-state index contributed by atoms with van der Waals surface area (Å²) in [6, 6.07) is 3.54. The fraction of sp³-hybridized carbons (Fsp3) is 0.500. The van der Waals surface area contributed by atoms with Gasteiger partial charge in [0, 0.05) is 12.5 Å². The molecular weight excluding hydrogens is 218 g/mol. The Morgan fingerprint density at radius 3 is 2.59 bits per heavy atom. The van der Waals surface area contributed by atoms with Crippen LogP contribution in [0.15, 0.2) is 18.3 Å².